The summed E-state index contributed by atoms with van der Waals surface area (Å²) >= 11 is 0. The van der Waals surface area contributed by atoms with E-state index in [1.165, 1.54) is 22.1 Å². The van der Waals surface area contributed by atoms with Crippen molar-refractivity contribution in [1.82, 2.24) is 0 Å². The highest BCUT2D eigenvalue weighted by atomic mass is 16.3. The van der Waals surface area contributed by atoms with Gasteiger partial charge >= 0.3 is 0 Å². The number of rotatable bonds is 5. The van der Waals surface area contributed by atoms with E-state index in [2.05, 4.69) is 169 Å². The van der Waals surface area contributed by atoms with Crippen molar-refractivity contribution in [2.75, 3.05) is 4.90 Å². The van der Waals surface area contributed by atoms with Crippen LogP contribution in [0.25, 0.3) is 55.0 Å². The second-order valence-corrected chi connectivity index (χ2v) is 10.5. The van der Waals surface area contributed by atoms with Gasteiger partial charge in [0.05, 0.1) is 5.69 Å². The van der Waals surface area contributed by atoms with E-state index in [0.29, 0.717) is 0 Å². The zero-order chi connectivity index (χ0) is 27.9. The molecular weight excluding hydrogens is 510 g/mol. The minimum absolute atomic E-state index is 0.908. The Labute approximate surface area is 244 Å². The van der Waals surface area contributed by atoms with Crippen molar-refractivity contribution < 1.29 is 4.42 Å². The van der Waals surface area contributed by atoms with Crippen LogP contribution in [0.3, 0.4) is 0 Å². The normalized spacial score (nSPS) is 11.3. The third kappa shape index (κ3) is 4.05. The molecule has 1 aromatic heterocycles. The summed E-state index contributed by atoms with van der Waals surface area (Å²) in [5.41, 5.74) is 9.91. The maximum absolute atomic E-state index is 6.45. The zero-order valence-electron chi connectivity index (χ0n) is 22.9. The fraction of sp³-hybridized carbons (Fsp3) is 0. The minimum Gasteiger partial charge on any atom is -0.455 e. The molecule has 0 aliphatic heterocycles. The molecule has 8 rings (SSSR count). The second kappa shape index (κ2) is 10.1. The highest BCUT2D eigenvalue weighted by molar-refractivity contribution is 6.19. The molecule has 0 fully saturated rings. The van der Waals surface area contributed by atoms with Crippen molar-refractivity contribution in [3.05, 3.63) is 164 Å². The Hall–Kier alpha value is -5.60. The lowest BCUT2D eigenvalue weighted by Gasteiger charge is -2.28. The molecule has 0 amide bonds. The molecule has 0 saturated carbocycles. The number of hydrogen-bond donors (Lipinski definition) is 0. The standard InChI is InChI=1S/C40H27NO/c1-3-12-28(13-4-1)33-17-9-10-20-37(33)41(31-15-5-2-6-16-31)32-25-22-30(23-26-32)34-19-11-21-38-39(34)36-27-24-29-14-7-8-18-35(29)40(36)42-38/h1-27H. The Kier molecular flexibility index (Phi) is 5.82. The smallest absolute Gasteiger partial charge is 0.143 e. The molecule has 0 radical (unpaired) electrons. The quantitative estimate of drug-likeness (QED) is 0.217. The van der Waals surface area contributed by atoms with E-state index in [9.17, 15) is 0 Å². The first-order valence-electron chi connectivity index (χ1n) is 14.3. The average molecular weight is 538 g/mol. The van der Waals surface area contributed by atoms with Crippen molar-refractivity contribution in [2.24, 2.45) is 0 Å². The molecular formula is C40H27NO. The van der Waals surface area contributed by atoms with Gasteiger partial charge in [-0.2, -0.15) is 0 Å². The Morgan fingerprint density at radius 1 is 0.405 bits per heavy atom. The van der Waals surface area contributed by atoms with Crippen molar-refractivity contribution in [2.45, 2.75) is 0 Å². The van der Waals surface area contributed by atoms with E-state index in [-0.39, 0.29) is 0 Å². The Balaban J connectivity index is 1.27. The summed E-state index contributed by atoms with van der Waals surface area (Å²) in [4.78, 5) is 2.34. The molecule has 198 valence electrons. The van der Waals surface area contributed by atoms with Crippen molar-refractivity contribution in [3.8, 4) is 22.3 Å². The topological polar surface area (TPSA) is 16.4 Å². The molecule has 7 aromatic carbocycles. The lowest BCUT2D eigenvalue weighted by atomic mass is 9.97. The first kappa shape index (κ1) is 24.2. The number of furan rings is 1. The molecule has 2 nitrogen and oxygen atoms in total. The van der Waals surface area contributed by atoms with Crippen LogP contribution in [-0.2, 0) is 0 Å². The molecule has 0 saturated heterocycles. The number of benzene rings is 7. The van der Waals surface area contributed by atoms with E-state index < -0.39 is 0 Å². The van der Waals surface area contributed by atoms with E-state index in [1.807, 2.05) is 0 Å². The predicted molar refractivity (Wildman–Crippen MR) is 177 cm³/mol. The molecule has 42 heavy (non-hydrogen) atoms. The van der Waals surface area contributed by atoms with Gasteiger partial charge in [0.25, 0.3) is 0 Å². The first-order chi connectivity index (χ1) is 20.8. The molecule has 0 N–H and O–H groups in total. The lowest BCUT2D eigenvalue weighted by Crippen LogP contribution is -2.11. The van der Waals surface area contributed by atoms with Gasteiger partial charge in [0.1, 0.15) is 11.2 Å². The van der Waals surface area contributed by atoms with Gasteiger partial charge in [-0.1, -0.05) is 121 Å². The molecule has 0 atom stereocenters. The van der Waals surface area contributed by atoms with Crippen LogP contribution < -0.4 is 4.90 Å². The molecule has 2 heteroatoms. The van der Waals surface area contributed by atoms with Crippen LogP contribution in [0, 0.1) is 0 Å². The van der Waals surface area contributed by atoms with Gasteiger partial charge in [-0.15, -0.1) is 0 Å². The molecule has 0 bridgehead atoms. The number of anilines is 3. The van der Waals surface area contributed by atoms with Crippen LogP contribution in [0.1, 0.15) is 0 Å². The summed E-state index contributed by atoms with van der Waals surface area (Å²) in [6, 6.07) is 57.8. The van der Waals surface area contributed by atoms with Gasteiger partial charge in [0.2, 0.25) is 0 Å². The highest BCUT2D eigenvalue weighted by Gasteiger charge is 2.18. The number of fused-ring (bicyclic) bond motifs is 5. The van der Waals surface area contributed by atoms with Gasteiger partial charge in [0, 0.05) is 33.1 Å². The first-order valence-corrected chi connectivity index (χ1v) is 14.3. The monoisotopic (exact) mass is 537 g/mol. The summed E-state index contributed by atoms with van der Waals surface area (Å²) in [6.07, 6.45) is 0. The fourth-order valence-electron chi connectivity index (χ4n) is 6.12. The van der Waals surface area contributed by atoms with E-state index >= 15 is 0 Å². The third-order valence-electron chi connectivity index (χ3n) is 8.07. The highest BCUT2D eigenvalue weighted by Crippen LogP contribution is 2.43. The minimum atomic E-state index is 0.908. The largest absolute Gasteiger partial charge is 0.455 e. The Morgan fingerprint density at radius 3 is 1.88 bits per heavy atom. The molecule has 0 unspecified atom stereocenters. The molecule has 0 aliphatic rings. The van der Waals surface area contributed by atoms with Crippen molar-refractivity contribution >= 4 is 49.8 Å². The van der Waals surface area contributed by atoms with E-state index in [1.54, 1.807) is 0 Å². The van der Waals surface area contributed by atoms with Gasteiger partial charge < -0.3 is 9.32 Å². The van der Waals surface area contributed by atoms with Crippen LogP contribution in [0.15, 0.2) is 168 Å². The Bertz CT molecular complexity index is 2180. The SMILES string of the molecule is c1ccc(-c2ccccc2N(c2ccccc2)c2ccc(-c3cccc4oc5c6ccccc6ccc5c34)cc2)cc1. The number of para-hydroxylation sites is 2. The second-order valence-electron chi connectivity index (χ2n) is 10.5. The molecule has 0 aliphatic carbocycles. The number of nitrogens with zero attached hydrogens (tertiary/aromatic N) is 1. The van der Waals surface area contributed by atoms with E-state index in [0.717, 1.165) is 50.0 Å². The molecule has 0 spiro atoms. The van der Waals surface area contributed by atoms with Crippen molar-refractivity contribution in [3.63, 3.8) is 0 Å². The van der Waals surface area contributed by atoms with Crippen molar-refractivity contribution in [1.29, 1.82) is 0 Å². The van der Waals surface area contributed by atoms with E-state index in [4.69, 9.17) is 4.42 Å². The Morgan fingerprint density at radius 2 is 1.05 bits per heavy atom. The van der Waals surface area contributed by atoms with Crippen LogP contribution in [0.2, 0.25) is 0 Å². The summed E-state index contributed by atoms with van der Waals surface area (Å²) in [5.74, 6) is 0. The molecule has 1 heterocycles. The van der Waals surface area contributed by atoms with Crippen LogP contribution in [0.5, 0.6) is 0 Å². The average Bonchev–Trinajstić information content (AvgIpc) is 3.46. The molecule has 8 aromatic rings. The van der Waals surface area contributed by atoms with Gasteiger partial charge in [-0.05, 0) is 64.5 Å². The number of hydrogen-bond acceptors (Lipinski definition) is 2. The van der Waals surface area contributed by atoms with Crippen LogP contribution >= 0.6 is 0 Å². The zero-order valence-corrected chi connectivity index (χ0v) is 22.9. The van der Waals surface area contributed by atoms with Gasteiger partial charge in [-0.3, -0.25) is 0 Å². The van der Waals surface area contributed by atoms with Crippen LogP contribution in [0.4, 0.5) is 17.1 Å². The fourth-order valence-corrected chi connectivity index (χ4v) is 6.12. The predicted octanol–water partition coefficient (Wildman–Crippen LogP) is 11.5. The summed E-state index contributed by atoms with van der Waals surface area (Å²) < 4.78 is 6.45. The van der Waals surface area contributed by atoms with Gasteiger partial charge in [-0.25, -0.2) is 0 Å². The maximum Gasteiger partial charge on any atom is 0.143 e. The summed E-state index contributed by atoms with van der Waals surface area (Å²) in [5, 5.41) is 4.63. The summed E-state index contributed by atoms with van der Waals surface area (Å²) in [7, 11) is 0. The van der Waals surface area contributed by atoms with Crippen LogP contribution in [-0.4, -0.2) is 0 Å². The third-order valence-corrected chi connectivity index (χ3v) is 8.07. The van der Waals surface area contributed by atoms with Gasteiger partial charge in [0.15, 0.2) is 0 Å². The maximum atomic E-state index is 6.45. The summed E-state index contributed by atoms with van der Waals surface area (Å²) in [6.45, 7) is 0. The lowest BCUT2D eigenvalue weighted by molar-refractivity contribution is 0.673.